The molecule has 0 amide bonds. The van der Waals surface area contributed by atoms with E-state index in [1.807, 2.05) is 0 Å². The lowest BCUT2D eigenvalue weighted by Crippen LogP contribution is -2.19. The third-order valence-corrected chi connectivity index (χ3v) is 3.60. The van der Waals surface area contributed by atoms with Crippen molar-refractivity contribution in [2.24, 2.45) is 0 Å². The molecule has 0 aromatic heterocycles. The van der Waals surface area contributed by atoms with Gasteiger partial charge in [-0.1, -0.05) is 0 Å². The van der Waals surface area contributed by atoms with Crippen molar-refractivity contribution in [2.75, 3.05) is 19.9 Å². The normalized spacial score (nSPS) is 28.3. The Morgan fingerprint density at radius 2 is 2.67 bits per heavy atom. The Labute approximate surface area is 58.4 Å². The molecule has 54 valence electrons. The average molecular weight is 146 g/mol. The summed E-state index contributed by atoms with van der Waals surface area (Å²) in [6.45, 7) is 0.987. The minimum Gasteiger partial charge on any atom is -0.389 e. The summed E-state index contributed by atoms with van der Waals surface area (Å²) in [5, 5.41) is 0. The predicted octanol–water partition coefficient (Wildman–Crippen LogP) is -0.104. The molecule has 1 heterocycles. The fraction of sp³-hybridized carbons (Fsp3) is 1.00. The van der Waals surface area contributed by atoms with Crippen LogP contribution in [-0.4, -0.2) is 35.2 Å². The van der Waals surface area contributed by atoms with Crippen molar-refractivity contribution < 1.29 is 9.47 Å². The molecule has 0 N–H and O–H groups in total. The first-order valence-electron chi connectivity index (χ1n) is 3.54. The number of methoxy groups -OCH3 is 1. The summed E-state index contributed by atoms with van der Waals surface area (Å²) < 4.78 is 10.4. The van der Waals surface area contributed by atoms with Crippen LogP contribution in [0, 0.1) is 0 Å². The van der Waals surface area contributed by atoms with Crippen LogP contribution in [0.2, 0.25) is 0 Å². The van der Waals surface area contributed by atoms with E-state index in [1.165, 1.54) is 12.8 Å². The van der Waals surface area contributed by atoms with Crippen LogP contribution in [0.15, 0.2) is 0 Å². The second-order valence-electron chi connectivity index (χ2n) is 2.42. The summed E-state index contributed by atoms with van der Waals surface area (Å²) in [6.07, 6.45) is 3.53. The highest BCUT2D eigenvalue weighted by Crippen LogP contribution is 2.09. The van der Waals surface area contributed by atoms with Gasteiger partial charge in [-0.25, -0.2) is 0 Å². The molecule has 1 atom stereocenters. The summed E-state index contributed by atoms with van der Waals surface area (Å²) in [7, 11) is 1.71. The summed E-state index contributed by atoms with van der Waals surface area (Å²) in [5.74, 6) is 0. The van der Waals surface area contributed by atoms with Gasteiger partial charge in [0, 0.05) is 25.7 Å². The Morgan fingerprint density at radius 3 is 3.22 bits per heavy atom. The molecule has 0 aromatic carbocycles. The maximum absolute atomic E-state index is 5.44. The summed E-state index contributed by atoms with van der Waals surface area (Å²) >= 11 is 0. The average Bonchev–Trinajstić information content (AvgIpc) is 2.34. The summed E-state index contributed by atoms with van der Waals surface area (Å²) in [4.78, 5) is 0. The second-order valence-corrected chi connectivity index (χ2v) is 4.31. The van der Waals surface area contributed by atoms with Gasteiger partial charge >= 0.3 is 0 Å². The lowest BCUT2D eigenvalue weighted by molar-refractivity contribution is 0.159. The molecule has 1 fully saturated rings. The van der Waals surface area contributed by atoms with Crippen LogP contribution in [0.4, 0.5) is 0 Å². The van der Waals surface area contributed by atoms with Gasteiger partial charge in [0.2, 0.25) is 0 Å². The topological polar surface area (TPSA) is 18.5 Å². The van der Waals surface area contributed by atoms with Crippen molar-refractivity contribution in [1.29, 1.82) is 0 Å². The van der Waals surface area contributed by atoms with Crippen LogP contribution in [0.25, 0.3) is 0 Å². The molecule has 1 saturated heterocycles. The third kappa shape index (κ3) is 2.47. The van der Waals surface area contributed by atoms with E-state index in [1.54, 1.807) is 7.11 Å². The summed E-state index contributed by atoms with van der Waals surface area (Å²) in [5.41, 5.74) is 0.630. The van der Waals surface area contributed by atoms with E-state index in [2.05, 4.69) is 0 Å². The summed E-state index contributed by atoms with van der Waals surface area (Å²) in [6, 6.07) is 0. The molecule has 1 unspecified atom stereocenters. The van der Waals surface area contributed by atoms with Gasteiger partial charge in [-0.3, -0.25) is 0 Å². The Hall–Kier alpha value is 0.137. The highest BCUT2D eigenvalue weighted by molar-refractivity contribution is 6.37. The van der Waals surface area contributed by atoms with Crippen molar-refractivity contribution in [3.05, 3.63) is 0 Å². The largest absolute Gasteiger partial charge is 0.389 e. The number of hydrogen-bond donors (Lipinski definition) is 0. The van der Waals surface area contributed by atoms with Crippen LogP contribution in [0.3, 0.4) is 0 Å². The highest BCUT2D eigenvalue weighted by atomic mass is 28.2. The smallest absolute Gasteiger partial charge is 0.0860 e. The second kappa shape index (κ2) is 4.03. The van der Waals surface area contributed by atoms with E-state index in [4.69, 9.17) is 9.47 Å². The van der Waals surface area contributed by atoms with E-state index in [0.29, 0.717) is 5.73 Å². The van der Waals surface area contributed by atoms with Crippen molar-refractivity contribution in [2.45, 2.75) is 18.6 Å². The van der Waals surface area contributed by atoms with Gasteiger partial charge in [-0.2, -0.15) is 0 Å². The zero-order chi connectivity index (χ0) is 6.53. The molecule has 9 heavy (non-hydrogen) atoms. The Balaban J connectivity index is 1.98. The van der Waals surface area contributed by atoms with Gasteiger partial charge < -0.3 is 9.47 Å². The molecule has 1 rings (SSSR count). The molecule has 0 aliphatic carbocycles. The van der Waals surface area contributed by atoms with Gasteiger partial charge in [-0.05, 0) is 12.8 Å². The van der Waals surface area contributed by atoms with Crippen molar-refractivity contribution >= 4 is 9.52 Å². The van der Waals surface area contributed by atoms with E-state index in [0.717, 1.165) is 12.8 Å². The fourth-order valence-electron chi connectivity index (χ4n) is 1.12. The molecule has 1 aliphatic rings. The Morgan fingerprint density at radius 1 is 1.78 bits per heavy atom. The standard InChI is InChI=1S/C6H14O2Si/c1-7-5-9-6-3-2-4-8-6/h6H,2-5,9H2,1H3. The quantitative estimate of drug-likeness (QED) is 0.517. The molecule has 0 spiro atoms. The minimum atomic E-state index is -0.0567. The fourth-order valence-corrected chi connectivity index (χ4v) is 2.53. The zero-order valence-electron chi connectivity index (χ0n) is 5.93. The predicted molar refractivity (Wildman–Crippen MR) is 39.4 cm³/mol. The van der Waals surface area contributed by atoms with E-state index in [9.17, 15) is 0 Å². The maximum atomic E-state index is 5.44. The first-order chi connectivity index (χ1) is 4.43. The van der Waals surface area contributed by atoms with Crippen molar-refractivity contribution in [1.82, 2.24) is 0 Å². The SMILES string of the molecule is COC[SiH2]C1CCCO1. The molecule has 0 radical (unpaired) electrons. The van der Waals surface area contributed by atoms with Crippen molar-refractivity contribution in [3.63, 3.8) is 0 Å². The van der Waals surface area contributed by atoms with Gasteiger partial charge in [0.05, 0.1) is 9.52 Å². The third-order valence-electron chi connectivity index (χ3n) is 1.67. The van der Waals surface area contributed by atoms with Crippen LogP contribution < -0.4 is 0 Å². The number of rotatable bonds is 3. The monoisotopic (exact) mass is 146 g/mol. The molecule has 0 aromatic rings. The maximum Gasteiger partial charge on any atom is 0.0860 e. The van der Waals surface area contributed by atoms with Gasteiger partial charge in [0.1, 0.15) is 0 Å². The van der Waals surface area contributed by atoms with Gasteiger partial charge in [-0.15, -0.1) is 0 Å². The van der Waals surface area contributed by atoms with Crippen LogP contribution in [0.1, 0.15) is 12.8 Å². The molecule has 0 bridgehead atoms. The molecule has 3 heteroatoms. The van der Waals surface area contributed by atoms with Crippen molar-refractivity contribution in [3.8, 4) is 0 Å². The Bertz CT molecular complexity index is 71.5. The first kappa shape index (κ1) is 7.25. The first-order valence-corrected chi connectivity index (χ1v) is 5.35. The molecule has 0 saturated carbocycles. The van der Waals surface area contributed by atoms with Crippen LogP contribution in [0.5, 0.6) is 0 Å². The molecule has 2 nitrogen and oxygen atoms in total. The molecule has 1 aliphatic heterocycles. The van der Waals surface area contributed by atoms with Crippen LogP contribution in [-0.2, 0) is 9.47 Å². The lowest BCUT2D eigenvalue weighted by Gasteiger charge is -2.05. The van der Waals surface area contributed by atoms with E-state index >= 15 is 0 Å². The lowest BCUT2D eigenvalue weighted by atomic mass is 10.4. The zero-order valence-corrected chi connectivity index (χ0v) is 7.34. The van der Waals surface area contributed by atoms with Crippen LogP contribution >= 0.6 is 0 Å². The van der Waals surface area contributed by atoms with Gasteiger partial charge in [0.15, 0.2) is 0 Å². The number of hydrogen-bond acceptors (Lipinski definition) is 2. The molecular formula is C6H14O2Si. The highest BCUT2D eigenvalue weighted by Gasteiger charge is 2.14. The van der Waals surface area contributed by atoms with E-state index in [-0.39, 0.29) is 9.52 Å². The van der Waals surface area contributed by atoms with Gasteiger partial charge in [0.25, 0.3) is 0 Å². The van der Waals surface area contributed by atoms with E-state index < -0.39 is 0 Å². The Kier molecular flexibility index (Phi) is 3.25. The number of ether oxygens (including phenoxy) is 2. The minimum absolute atomic E-state index is 0.0567. The molecular weight excluding hydrogens is 132 g/mol.